The molecule has 0 spiro atoms. The molecule has 0 aromatic heterocycles. The highest BCUT2D eigenvalue weighted by Crippen LogP contribution is 2.15. The zero-order valence-corrected chi connectivity index (χ0v) is 11.2. The molecule has 0 unspecified atom stereocenters. The van der Waals surface area contributed by atoms with Crippen LogP contribution in [0.2, 0.25) is 0 Å². The SMILES string of the molecule is CCCc1cccc(C(=O)c2ccc(F)c(C)c2)c1. The van der Waals surface area contributed by atoms with Gasteiger partial charge in [0.25, 0.3) is 0 Å². The lowest BCUT2D eigenvalue weighted by Crippen LogP contribution is -2.03. The summed E-state index contributed by atoms with van der Waals surface area (Å²) in [6.07, 6.45) is 2.01. The number of rotatable bonds is 4. The first-order valence-corrected chi connectivity index (χ1v) is 6.51. The van der Waals surface area contributed by atoms with E-state index >= 15 is 0 Å². The molecule has 0 aliphatic rings. The first kappa shape index (κ1) is 13.5. The molecule has 0 fully saturated rings. The second-order valence-electron chi connectivity index (χ2n) is 4.74. The number of hydrogen-bond donors (Lipinski definition) is 0. The summed E-state index contributed by atoms with van der Waals surface area (Å²) in [6, 6.07) is 12.1. The maximum atomic E-state index is 13.2. The van der Waals surface area contributed by atoms with E-state index in [2.05, 4.69) is 6.92 Å². The van der Waals surface area contributed by atoms with Gasteiger partial charge < -0.3 is 0 Å². The Bertz CT molecular complexity index is 602. The van der Waals surface area contributed by atoms with Crippen LogP contribution in [0.4, 0.5) is 4.39 Å². The molecule has 0 heterocycles. The first-order chi connectivity index (χ1) is 9.11. The Kier molecular flexibility index (Phi) is 4.10. The Morgan fingerprint density at radius 2 is 1.84 bits per heavy atom. The monoisotopic (exact) mass is 256 g/mol. The Morgan fingerprint density at radius 3 is 2.53 bits per heavy atom. The van der Waals surface area contributed by atoms with E-state index in [1.165, 1.54) is 12.1 Å². The average molecular weight is 256 g/mol. The van der Waals surface area contributed by atoms with Crippen molar-refractivity contribution in [3.8, 4) is 0 Å². The molecule has 2 aromatic carbocycles. The van der Waals surface area contributed by atoms with Gasteiger partial charge in [0.15, 0.2) is 5.78 Å². The van der Waals surface area contributed by atoms with Gasteiger partial charge in [-0.05, 0) is 48.7 Å². The van der Waals surface area contributed by atoms with Gasteiger partial charge in [0.05, 0.1) is 0 Å². The maximum Gasteiger partial charge on any atom is 0.193 e. The van der Waals surface area contributed by atoms with Crippen LogP contribution < -0.4 is 0 Å². The molecule has 0 atom stereocenters. The number of carbonyl (C=O) groups excluding carboxylic acids is 1. The van der Waals surface area contributed by atoms with Crippen molar-refractivity contribution in [1.82, 2.24) is 0 Å². The predicted molar refractivity (Wildman–Crippen MR) is 75.0 cm³/mol. The highest BCUT2D eigenvalue weighted by atomic mass is 19.1. The number of carbonyl (C=O) groups is 1. The number of ketones is 1. The predicted octanol–water partition coefficient (Wildman–Crippen LogP) is 4.32. The van der Waals surface area contributed by atoms with Gasteiger partial charge in [-0.3, -0.25) is 4.79 Å². The van der Waals surface area contributed by atoms with Crippen LogP contribution in [-0.4, -0.2) is 5.78 Å². The van der Waals surface area contributed by atoms with Crippen LogP contribution in [-0.2, 0) is 6.42 Å². The van der Waals surface area contributed by atoms with Crippen LogP contribution in [0, 0.1) is 12.7 Å². The number of hydrogen-bond acceptors (Lipinski definition) is 1. The van der Waals surface area contributed by atoms with Gasteiger partial charge in [0.1, 0.15) is 5.82 Å². The molecule has 0 saturated heterocycles. The van der Waals surface area contributed by atoms with Gasteiger partial charge >= 0.3 is 0 Å². The summed E-state index contributed by atoms with van der Waals surface area (Å²) in [7, 11) is 0. The molecule has 0 N–H and O–H groups in total. The molecule has 0 saturated carbocycles. The zero-order valence-electron chi connectivity index (χ0n) is 11.2. The van der Waals surface area contributed by atoms with Crippen molar-refractivity contribution in [2.75, 3.05) is 0 Å². The molecular weight excluding hydrogens is 239 g/mol. The molecule has 2 heteroatoms. The minimum Gasteiger partial charge on any atom is -0.289 e. The lowest BCUT2D eigenvalue weighted by Gasteiger charge is -2.05. The van der Waals surface area contributed by atoms with Gasteiger partial charge in [0.2, 0.25) is 0 Å². The van der Waals surface area contributed by atoms with Gasteiger partial charge in [0, 0.05) is 11.1 Å². The summed E-state index contributed by atoms with van der Waals surface area (Å²) in [4.78, 5) is 12.3. The third kappa shape index (κ3) is 3.08. The summed E-state index contributed by atoms with van der Waals surface area (Å²) >= 11 is 0. The Morgan fingerprint density at radius 1 is 1.11 bits per heavy atom. The van der Waals surface area contributed by atoms with E-state index in [-0.39, 0.29) is 11.6 Å². The molecule has 0 bridgehead atoms. The lowest BCUT2D eigenvalue weighted by atomic mass is 9.99. The fourth-order valence-corrected chi connectivity index (χ4v) is 2.11. The van der Waals surface area contributed by atoms with E-state index in [4.69, 9.17) is 0 Å². The van der Waals surface area contributed by atoms with E-state index in [1.807, 2.05) is 18.2 Å². The van der Waals surface area contributed by atoms with E-state index < -0.39 is 0 Å². The number of benzene rings is 2. The summed E-state index contributed by atoms with van der Waals surface area (Å²) in [5.74, 6) is -0.336. The molecule has 0 amide bonds. The second kappa shape index (κ2) is 5.79. The van der Waals surface area contributed by atoms with Crippen molar-refractivity contribution < 1.29 is 9.18 Å². The van der Waals surface area contributed by atoms with Crippen molar-refractivity contribution >= 4 is 5.78 Å². The molecule has 0 radical (unpaired) electrons. The number of halogens is 1. The summed E-state index contributed by atoms with van der Waals surface area (Å²) in [5, 5.41) is 0. The largest absolute Gasteiger partial charge is 0.289 e. The van der Waals surface area contributed by atoms with Crippen molar-refractivity contribution in [3.05, 3.63) is 70.5 Å². The maximum absolute atomic E-state index is 13.2. The van der Waals surface area contributed by atoms with Crippen LogP contribution in [0.15, 0.2) is 42.5 Å². The van der Waals surface area contributed by atoms with Crippen LogP contribution >= 0.6 is 0 Å². The van der Waals surface area contributed by atoms with Crippen LogP contribution in [0.25, 0.3) is 0 Å². The lowest BCUT2D eigenvalue weighted by molar-refractivity contribution is 0.103. The summed E-state index contributed by atoms with van der Waals surface area (Å²) in [6.45, 7) is 3.78. The molecule has 19 heavy (non-hydrogen) atoms. The normalized spacial score (nSPS) is 10.5. The van der Waals surface area contributed by atoms with Crippen LogP contribution in [0.1, 0.15) is 40.4 Å². The minimum absolute atomic E-state index is 0.0546. The molecule has 2 aromatic rings. The van der Waals surface area contributed by atoms with Crippen molar-refractivity contribution in [3.63, 3.8) is 0 Å². The molecule has 0 aliphatic carbocycles. The van der Waals surface area contributed by atoms with Crippen molar-refractivity contribution in [2.45, 2.75) is 26.7 Å². The van der Waals surface area contributed by atoms with E-state index in [0.29, 0.717) is 16.7 Å². The van der Waals surface area contributed by atoms with Crippen molar-refractivity contribution in [1.29, 1.82) is 0 Å². The molecule has 1 nitrogen and oxygen atoms in total. The van der Waals surface area contributed by atoms with Gasteiger partial charge in [-0.15, -0.1) is 0 Å². The van der Waals surface area contributed by atoms with Gasteiger partial charge in [-0.1, -0.05) is 31.5 Å². The molecule has 2 rings (SSSR count). The average Bonchev–Trinajstić information content (AvgIpc) is 2.42. The number of aryl methyl sites for hydroxylation is 2. The third-order valence-electron chi connectivity index (χ3n) is 3.15. The summed E-state index contributed by atoms with van der Waals surface area (Å²) in [5.41, 5.74) is 2.85. The van der Waals surface area contributed by atoms with E-state index in [9.17, 15) is 9.18 Å². The van der Waals surface area contributed by atoms with Crippen LogP contribution in [0.3, 0.4) is 0 Å². The van der Waals surface area contributed by atoms with E-state index in [1.54, 1.807) is 19.1 Å². The molecular formula is C17H17FO. The highest BCUT2D eigenvalue weighted by Gasteiger charge is 2.10. The smallest absolute Gasteiger partial charge is 0.193 e. The Labute approximate surface area is 113 Å². The molecule has 0 aliphatic heterocycles. The fourth-order valence-electron chi connectivity index (χ4n) is 2.11. The van der Waals surface area contributed by atoms with E-state index in [0.717, 1.165) is 18.4 Å². The second-order valence-corrected chi connectivity index (χ2v) is 4.74. The van der Waals surface area contributed by atoms with Gasteiger partial charge in [-0.2, -0.15) is 0 Å². The quantitative estimate of drug-likeness (QED) is 0.745. The minimum atomic E-state index is -0.281. The third-order valence-corrected chi connectivity index (χ3v) is 3.15. The Hall–Kier alpha value is -1.96. The Balaban J connectivity index is 2.32. The van der Waals surface area contributed by atoms with Gasteiger partial charge in [-0.25, -0.2) is 4.39 Å². The standard InChI is InChI=1S/C17H17FO/c1-3-5-13-6-4-7-14(11-13)17(19)15-8-9-16(18)12(2)10-15/h4,6-11H,3,5H2,1-2H3. The van der Waals surface area contributed by atoms with Crippen molar-refractivity contribution in [2.24, 2.45) is 0 Å². The zero-order chi connectivity index (χ0) is 13.8. The molecule has 98 valence electrons. The topological polar surface area (TPSA) is 17.1 Å². The fraction of sp³-hybridized carbons (Fsp3) is 0.235. The van der Waals surface area contributed by atoms with Crippen LogP contribution in [0.5, 0.6) is 0 Å². The first-order valence-electron chi connectivity index (χ1n) is 6.51. The highest BCUT2D eigenvalue weighted by molar-refractivity contribution is 6.09. The summed E-state index contributed by atoms with van der Waals surface area (Å²) < 4.78 is 13.2.